The number of nitrogens with zero attached hydrogens (tertiary/aromatic N) is 1. The first-order chi connectivity index (χ1) is 8.83. The van der Waals surface area contributed by atoms with Crippen LogP contribution in [0.5, 0.6) is 0 Å². The van der Waals surface area contributed by atoms with Crippen molar-refractivity contribution in [2.45, 2.75) is 6.04 Å². The predicted octanol–water partition coefficient (Wildman–Crippen LogP) is 2.65. The Labute approximate surface area is 108 Å². The smallest absolute Gasteiger partial charge is 0.0611 e. The van der Waals surface area contributed by atoms with E-state index in [9.17, 15) is 0 Å². The number of fused-ring (bicyclic) bond motifs is 3. The van der Waals surface area contributed by atoms with Crippen molar-refractivity contribution in [1.29, 1.82) is 0 Å². The van der Waals surface area contributed by atoms with Crippen molar-refractivity contribution < 1.29 is 0 Å². The van der Waals surface area contributed by atoms with Crippen molar-refractivity contribution in [1.82, 2.24) is 4.90 Å². The lowest BCUT2D eigenvalue weighted by Gasteiger charge is -2.25. The number of hydrogen-bond donors (Lipinski definition) is 1. The quantitative estimate of drug-likeness (QED) is 0.890. The average molecular weight is 238 g/mol. The summed E-state index contributed by atoms with van der Waals surface area (Å²) in [6.07, 6.45) is 0. The summed E-state index contributed by atoms with van der Waals surface area (Å²) in [6.45, 7) is 1.60. The second-order valence-electron chi connectivity index (χ2n) is 4.85. The molecule has 0 atom stereocenters. The molecule has 0 heterocycles. The van der Waals surface area contributed by atoms with Gasteiger partial charge in [-0.25, -0.2) is 0 Å². The van der Waals surface area contributed by atoms with Gasteiger partial charge in [-0.15, -0.1) is 0 Å². The largest absolute Gasteiger partial charge is 0.329 e. The van der Waals surface area contributed by atoms with Crippen LogP contribution in [0.25, 0.3) is 11.1 Å². The molecule has 2 N–H and O–H groups in total. The number of hydrogen-bond acceptors (Lipinski definition) is 2. The molecule has 2 heteroatoms. The van der Waals surface area contributed by atoms with Crippen molar-refractivity contribution >= 4 is 0 Å². The van der Waals surface area contributed by atoms with E-state index in [0.29, 0.717) is 12.6 Å². The third-order valence-electron chi connectivity index (χ3n) is 3.72. The average Bonchev–Trinajstić information content (AvgIpc) is 2.73. The predicted molar refractivity (Wildman–Crippen MR) is 75.4 cm³/mol. The fraction of sp³-hybridized carbons (Fsp3) is 0.250. The van der Waals surface area contributed by atoms with Crippen LogP contribution in [0.3, 0.4) is 0 Å². The first kappa shape index (κ1) is 11.5. The van der Waals surface area contributed by atoms with E-state index in [4.69, 9.17) is 5.73 Å². The van der Waals surface area contributed by atoms with Crippen LogP contribution in [0, 0.1) is 0 Å². The molecule has 0 aliphatic heterocycles. The van der Waals surface area contributed by atoms with Gasteiger partial charge in [-0.05, 0) is 29.3 Å². The molecule has 0 bridgehead atoms. The van der Waals surface area contributed by atoms with E-state index in [0.717, 1.165) is 6.54 Å². The zero-order valence-corrected chi connectivity index (χ0v) is 10.6. The van der Waals surface area contributed by atoms with E-state index in [1.807, 2.05) is 0 Å². The molecule has 0 saturated carbocycles. The molecule has 2 aromatic rings. The molecule has 0 saturated heterocycles. The Morgan fingerprint density at radius 2 is 1.44 bits per heavy atom. The highest BCUT2D eigenvalue weighted by molar-refractivity contribution is 5.78. The molecule has 2 nitrogen and oxygen atoms in total. The van der Waals surface area contributed by atoms with Crippen LogP contribution in [-0.4, -0.2) is 25.0 Å². The Morgan fingerprint density at radius 3 is 1.94 bits per heavy atom. The first-order valence-corrected chi connectivity index (χ1v) is 6.41. The highest BCUT2D eigenvalue weighted by Gasteiger charge is 2.30. The number of nitrogens with two attached hydrogens (primary N) is 1. The van der Waals surface area contributed by atoms with Crippen molar-refractivity contribution in [3.05, 3.63) is 59.7 Å². The Hall–Kier alpha value is -1.64. The lowest BCUT2D eigenvalue weighted by Crippen LogP contribution is -2.29. The van der Waals surface area contributed by atoms with Crippen LogP contribution in [0.4, 0.5) is 0 Å². The molecule has 0 spiro atoms. The Bertz CT molecular complexity index is 517. The minimum Gasteiger partial charge on any atom is -0.329 e. The Balaban J connectivity index is 2.14. The van der Waals surface area contributed by atoms with Gasteiger partial charge in [0.15, 0.2) is 0 Å². The molecule has 0 unspecified atom stereocenters. The molecule has 18 heavy (non-hydrogen) atoms. The summed E-state index contributed by atoms with van der Waals surface area (Å²) in [4.78, 5) is 2.34. The molecule has 0 radical (unpaired) electrons. The highest BCUT2D eigenvalue weighted by Crippen LogP contribution is 2.45. The van der Waals surface area contributed by atoms with Gasteiger partial charge >= 0.3 is 0 Å². The van der Waals surface area contributed by atoms with Gasteiger partial charge in [0, 0.05) is 13.1 Å². The van der Waals surface area contributed by atoms with E-state index < -0.39 is 0 Å². The Morgan fingerprint density at radius 1 is 0.944 bits per heavy atom. The monoisotopic (exact) mass is 238 g/mol. The molecule has 92 valence electrons. The molecule has 0 fully saturated rings. The fourth-order valence-corrected chi connectivity index (χ4v) is 2.94. The molecule has 2 aromatic carbocycles. The zero-order chi connectivity index (χ0) is 12.5. The van der Waals surface area contributed by atoms with E-state index in [1.165, 1.54) is 22.3 Å². The third-order valence-corrected chi connectivity index (χ3v) is 3.72. The molecular formula is C16H18N2. The van der Waals surface area contributed by atoms with Crippen LogP contribution >= 0.6 is 0 Å². The minimum absolute atomic E-state index is 0.348. The molecule has 1 aliphatic carbocycles. The second-order valence-corrected chi connectivity index (χ2v) is 4.85. The normalized spacial score (nSPS) is 13.7. The highest BCUT2D eigenvalue weighted by atomic mass is 15.1. The van der Waals surface area contributed by atoms with Gasteiger partial charge in [-0.1, -0.05) is 48.5 Å². The van der Waals surface area contributed by atoms with Gasteiger partial charge in [-0.2, -0.15) is 0 Å². The molecule has 0 aromatic heterocycles. The summed E-state index contributed by atoms with van der Waals surface area (Å²) in [5, 5.41) is 0. The summed E-state index contributed by atoms with van der Waals surface area (Å²) in [7, 11) is 2.15. The summed E-state index contributed by atoms with van der Waals surface area (Å²) >= 11 is 0. The van der Waals surface area contributed by atoms with Crippen LogP contribution < -0.4 is 5.73 Å². The topological polar surface area (TPSA) is 29.3 Å². The summed E-state index contributed by atoms with van der Waals surface area (Å²) in [5.41, 5.74) is 11.2. The van der Waals surface area contributed by atoms with Crippen LogP contribution in [-0.2, 0) is 0 Å². The first-order valence-electron chi connectivity index (χ1n) is 6.41. The maximum Gasteiger partial charge on any atom is 0.0611 e. The van der Waals surface area contributed by atoms with Crippen LogP contribution in [0.15, 0.2) is 48.5 Å². The minimum atomic E-state index is 0.348. The number of rotatable bonds is 3. The van der Waals surface area contributed by atoms with Crippen molar-refractivity contribution in [3.8, 4) is 11.1 Å². The maximum absolute atomic E-state index is 5.70. The van der Waals surface area contributed by atoms with Crippen molar-refractivity contribution in [3.63, 3.8) is 0 Å². The van der Waals surface area contributed by atoms with Gasteiger partial charge in [0.05, 0.1) is 6.04 Å². The van der Waals surface area contributed by atoms with E-state index >= 15 is 0 Å². The summed E-state index contributed by atoms with van der Waals surface area (Å²) < 4.78 is 0. The maximum atomic E-state index is 5.70. The summed E-state index contributed by atoms with van der Waals surface area (Å²) in [6, 6.07) is 17.7. The zero-order valence-electron chi connectivity index (χ0n) is 10.6. The lowest BCUT2D eigenvalue weighted by atomic mass is 10.0. The standard InChI is InChI=1S/C16H18N2/c1-18(11-10-17)16-14-8-4-2-6-12(14)13-7-3-5-9-15(13)16/h2-9,16H,10-11,17H2,1H3. The van der Waals surface area contributed by atoms with Crippen molar-refractivity contribution in [2.24, 2.45) is 5.73 Å². The molecule has 1 aliphatic rings. The molecule has 0 amide bonds. The van der Waals surface area contributed by atoms with Gasteiger partial charge in [0.1, 0.15) is 0 Å². The van der Waals surface area contributed by atoms with E-state index in [-0.39, 0.29) is 0 Å². The van der Waals surface area contributed by atoms with Crippen molar-refractivity contribution in [2.75, 3.05) is 20.1 Å². The Kier molecular flexibility index (Phi) is 2.90. The third kappa shape index (κ3) is 1.65. The fourth-order valence-electron chi connectivity index (χ4n) is 2.94. The van der Waals surface area contributed by atoms with Crippen LogP contribution in [0.2, 0.25) is 0 Å². The number of likely N-dealkylation sites (N-methyl/N-ethyl adjacent to an activating group) is 1. The van der Waals surface area contributed by atoms with Gasteiger partial charge < -0.3 is 5.73 Å². The SMILES string of the molecule is CN(CCN)C1c2ccccc2-c2ccccc21. The lowest BCUT2D eigenvalue weighted by molar-refractivity contribution is 0.291. The van der Waals surface area contributed by atoms with E-state index in [2.05, 4.69) is 60.5 Å². The van der Waals surface area contributed by atoms with Gasteiger partial charge in [-0.3, -0.25) is 4.90 Å². The van der Waals surface area contributed by atoms with Crippen LogP contribution in [0.1, 0.15) is 17.2 Å². The molecule has 3 rings (SSSR count). The summed E-state index contributed by atoms with van der Waals surface area (Å²) in [5.74, 6) is 0. The molecular weight excluding hydrogens is 220 g/mol. The number of benzene rings is 2. The van der Waals surface area contributed by atoms with Gasteiger partial charge in [0.25, 0.3) is 0 Å². The van der Waals surface area contributed by atoms with E-state index in [1.54, 1.807) is 0 Å². The second kappa shape index (κ2) is 4.56. The van der Waals surface area contributed by atoms with Gasteiger partial charge in [0.2, 0.25) is 0 Å².